The molecule has 15 aromatic carbocycles. The molecular weight excluding hydrogens is 1240 g/mol. The Balaban J connectivity index is 0.000000159. The Morgan fingerprint density at radius 3 is 0.431 bits per heavy atom. The van der Waals surface area contributed by atoms with Gasteiger partial charge in [0, 0.05) is 33.4 Å². The van der Waals surface area contributed by atoms with Gasteiger partial charge in [-0.25, -0.2) is 29.9 Å². The number of benzene rings is 15. The van der Waals surface area contributed by atoms with Crippen molar-refractivity contribution in [2.45, 2.75) is 0 Å². The molecule has 2 heterocycles. The predicted molar refractivity (Wildman–Crippen MR) is 421 cm³/mol. The van der Waals surface area contributed by atoms with Crippen molar-refractivity contribution in [1.82, 2.24) is 29.9 Å². The third-order valence-corrected chi connectivity index (χ3v) is 18.2. The summed E-state index contributed by atoms with van der Waals surface area (Å²) in [4.78, 5) is 30.5. The average Bonchev–Trinajstić information content (AvgIpc) is 0.786. The maximum absolute atomic E-state index is 5.21. The van der Waals surface area contributed by atoms with Gasteiger partial charge in [-0.2, -0.15) is 0 Å². The summed E-state index contributed by atoms with van der Waals surface area (Å²) < 4.78 is 0. The zero-order valence-electron chi connectivity index (χ0n) is 55.8. The molecule has 0 aliphatic heterocycles. The zero-order valence-corrected chi connectivity index (χ0v) is 55.8. The standard InChI is InChI=1S/C51H35N3.C45H31N3/c1-5-16-36(17-6-1)40-24-13-27-43(30-40)46-33-47(44-28-14-25-41(31-44)37-18-7-2-8-19-37)35-48(34-46)51-53-49(39-22-11-4-12-23-39)52-50(54-51)45-29-15-26-42(32-45)38-20-9-3-10-21-38;1-5-15-32(16-6-1)36-23-13-25-38(27-36)40-29-41(39-26-14-24-37(28-39)33-17-7-2-8-18-33)31-42(30-40)45-47-43(34-19-9-3-10-20-34)46-44(48-45)35-21-11-4-12-22-35/h1-35H;1-31H. The molecule has 0 atom stereocenters. The number of nitrogens with zero attached hydrogens (tertiary/aromatic N) is 6. The summed E-state index contributed by atoms with van der Waals surface area (Å²) in [5.74, 6) is 3.78. The van der Waals surface area contributed by atoms with Crippen molar-refractivity contribution in [1.29, 1.82) is 0 Å². The topological polar surface area (TPSA) is 77.3 Å². The van der Waals surface area contributed by atoms with Crippen molar-refractivity contribution >= 4 is 0 Å². The second-order valence-electron chi connectivity index (χ2n) is 25.0. The van der Waals surface area contributed by atoms with Gasteiger partial charge in [-0.1, -0.05) is 334 Å². The van der Waals surface area contributed by atoms with Crippen LogP contribution in [-0.4, -0.2) is 29.9 Å². The SMILES string of the molecule is c1ccc(-c2cccc(-c3cc(-c4cccc(-c5ccccc5)c4)cc(-c4nc(-c5ccccc5)nc(-c5cccc(-c6ccccc6)c5)n4)c3)c2)cc1.c1ccc(-c2cccc(-c3cc(-c4cccc(-c5ccccc5)c4)cc(-c4nc(-c5ccccc5)nc(-c5ccccc5)n4)c3)c2)cc1. The molecule has 0 aliphatic carbocycles. The predicted octanol–water partition coefficient (Wildman–Crippen LogP) is 24.7. The minimum atomic E-state index is 0.616. The average molecular weight is 1300 g/mol. The summed E-state index contributed by atoms with van der Waals surface area (Å²) in [7, 11) is 0. The second-order valence-corrected chi connectivity index (χ2v) is 25.0. The van der Waals surface area contributed by atoms with Gasteiger partial charge >= 0.3 is 0 Å². The van der Waals surface area contributed by atoms with Gasteiger partial charge in [0.1, 0.15) is 0 Å². The van der Waals surface area contributed by atoms with Crippen LogP contribution in [0.1, 0.15) is 0 Å². The van der Waals surface area contributed by atoms with Crippen LogP contribution in [0.15, 0.2) is 400 Å². The van der Waals surface area contributed by atoms with Gasteiger partial charge in [-0.05, 0) is 167 Å². The summed E-state index contributed by atoms with van der Waals surface area (Å²) in [5.41, 5.74) is 26.1. The van der Waals surface area contributed by atoms with Gasteiger partial charge in [-0.3, -0.25) is 0 Å². The summed E-state index contributed by atoms with van der Waals surface area (Å²) in [6, 6.07) is 140. The van der Waals surface area contributed by atoms with E-state index < -0.39 is 0 Å². The monoisotopic (exact) mass is 1300 g/mol. The Morgan fingerprint density at radius 2 is 0.216 bits per heavy atom. The van der Waals surface area contributed by atoms with Gasteiger partial charge in [0.25, 0.3) is 0 Å². The summed E-state index contributed by atoms with van der Waals surface area (Å²) in [6.07, 6.45) is 0. The zero-order chi connectivity index (χ0) is 68.2. The smallest absolute Gasteiger partial charge is 0.164 e. The van der Waals surface area contributed by atoms with E-state index in [0.29, 0.717) is 34.9 Å². The maximum Gasteiger partial charge on any atom is 0.164 e. The molecule has 6 nitrogen and oxygen atoms in total. The highest BCUT2D eigenvalue weighted by atomic mass is 15.0. The Kier molecular flexibility index (Phi) is 18.3. The molecule has 480 valence electrons. The van der Waals surface area contributed by atoms with E-state index in [9.17, 15) is 0 Å². The largest absolute Gasteiger partial charge is 0.208 e. The molecular formula is C96H66N6. The van der Waals surface area contributed by atoms with Crippen LogP contribution in [0.4, 0.5) is 0 Å². The molecule has 0 unspecified atom stereocenters. The first-order valence-electron chi connectivity index (χ1n) is 34.3. The van der Waals surface area contributed by atoms with Crippen molar-refractivity contribution in [3.63, 3.8) is 0 Å². The van der Waals surface area contributed by atoms with E-state index in [4.69, 9.17) is 29.9 Å². The fraction of sp³-hybridized carbons (Fsp3) is 0. The van der Waals surface area contributed by atoms with Crippen molar-refractivity contribution < 1.29 is 0 Å². The molecule has 2 aromatic heterocycles. The fourth-order valence-corrected chi connectivity index (χ4v) is 13.0. The van der Waals surface area contributed by atoms with E-state index in [-0.39, 0.29) is 0 Å². The van der Waals surface area contributed by atoms with Gasteiger partial charge in [-0.15, -0.1) is 0 Å². The first-order chi connectivity index (χ1) is 50.5. The molecule has 0 radical (unpaired) electrons. The number of aromatic nitrogens is 6. The van der Waals surface area contributed by atoms with Crippen molar-refractivity contribution in [2.75, 3.05) is 0 Å². The quantitative estimate of drug-likeness (QED) is 0.102. The Labute approximate surface area is 595 Å². The van der Waals surface area contributed by atoms with Crippen LogP contribution in [0.5, 0.6) is 0 Å². The van der Waals surface area contributed by atoms with E-state index >= 15 is 0 Å². The highest BCUT2D eigenvalue weighted by Gasteiger charge is 2.19. The number of hydrogen-bond acceptors (Lipinski definition) is 6. The van der Waals surface area contributed by atoms with Gasteiger partial charge in [0.2, 0.25) is 0 Å². The molecule has 6 heteroatoms. The van der Waals surface area contributed by atoms with Crippen LogP contribution in [0, 0.1) is 0 Å². The lowest BCUT2D eigenvalue weighted by Crippen LogP contribution is -2.00. The minimum Gasteiger partial charge on any atom is -0.208 e. The van der Waals surface area contributed by atoms with Gasteiger partial charge in [0.15, 0.2) is 34.9 Å². The Bertz CT molecular complexity index is 5460. The van der Waals surface area contributed by atoms with Crippen LogP contribution in [0.25, 0.3) is 168 Å². The molecule has 0 bridgehead atoms. The van der Waals surface area contributed by atoms with E-state index in [2.05, 4.69) is 315 Å². The molecule has 0 N–H and O–H groups in total. The van der Waals surface area contributed by atoms with Crippen LogP contribution in [0.2, 0.25) is 0 Å². The van der Waals surface area contributed by atoms with Gasteiger partial charge < -0.3 is 0 Å². The van der Waals surface area contributed by atoms with Crippen molar-refractivity contribution in [3.05, 3.63) is 400 Å². The van der Waals surface area contributed by atoms with Crippen LogP contribution < -0.4 is 0 Å². The number of rotatable bonds is 15. The maximum atomic E-state index is 5.21. The summed E-state index contributed by atoms with van der Waals surface area (Å²) in [5, 5.41) is 0. The van der Waals surface area contributed by atoms with E-state index in [1.54, 1.807) is 0 Å². The first kappa shape index (κ1) is 63.1. The Morgan fingerprint density at radius 1 is 0.0882 bits per heavy atom. The first-order valence-corrected chi connectivity index (χ1v) is 34.3. The lowest BCUT2D eigenvalue weighted by atomic mass is 9.92. The van der Waals surface area contributed by atoms with E-state index in [1.807, 2.05) is 84.9 Å². The van der Waals surface area contributed by atoms with Gasteiger partial charge in [0.05, 0.1) is 0 Å². The van der Waals surface area contributed by atoms with Crippen LogP contribution in [-0.2, 0) is 0 Å². The Hall–Kier alpha value is -13.7. The lowest BCUT2D eigenvalue weighted by Gasteiger charge is -2.14. The molecule has 0 amide bonds. The third-order valence-electron chi connectivity index (χ3n) is 18.2. The molecule has 0 fully saturated rings. The second kappa shape index (κ2) is 29.6. The minimum absolute atomic E-state index is 0.616. The highest BCUT2D eigenvalue weighted by molar-refractivity contribution is 5.86. The van der Waals surface area contributed by atoms with Crippen molar-refractivity contribution in [2.24, 2.45) is 0 Å². The fourth-order valence-electron chi connectivity index (χ4n) is 13.0. The molecule has 0 aliphatic rings. The van der Waals surface area contributed by atoms with E-state index in [0.717, 1.165) is 89.0 Å². The molecule has 0 saturated carbocycles. The number of hydrogen-bond donors (Lipinski definition) is 0. The summed E-state index contributed by atoms with van der Waals surface area (Å²) in [6.45, 7) is 0. The van der Waals surface area contributed by atoms with Crippen molar-refractivity contribution in [3.8, 4) is 168 Å². The molecule has 102 heavy (non-hydrogen) atoms. The summed E-state index contributed by atoms with van der Waals surface area (Å²) >= 11 is 0. The van der Waals surface area contributed by atoms with E-state index in [1.165, 1.54) is 44.5 Å². The molecule has 0 saturated heterocycles. The molecule has 0 spiro atoms. The molecule has 17 rings (SSSR count). The molecule has 17 aromatic rings. The highest BCUT2D eigenvalue weighted by Crippen LogP contribution is 2.40. The third kappa shape index (κ3) is 14.5. The lowest BCUT2D eigenvalue weighted by molar-refractivity contribution is 1.07. The van der Waals surface area contributed by atoms with Crippen LogP contribution >= 0.6 is 0 Å². The van der Waals surface area contributed by atoms with Crippen LogP contribution in [0.3, 0.4) is 0 Å². The normalized spacial score (nSPS) is 10.9.